The van der Waals surface area contributed by atoms with Crippen LogP contribution in [0.15, 0.2) is 30.3 Å². The van der Waals surface area contributed by atoms with Crippen LogP contribution in [0.3, 0.4) is 0 Å². The number of anilines is 1. The molecule has 1 fully saturated rings. The van der Waals surface area contributed by atoms with Crippen LogP contribution in [0.1, 0.15) is 31.4 Å². The minimum absolute atomic E-state index is 0.684. The molecule has 0 atom stereocenters. The highest BCUT2D eigenvalue weighted by molar-refractivity contribution is 5.92. The molecule has 3 rings (SSSR count). The van der Waals surface area contributed by atoms with Crippen molar-refractivity contribution in [3.05, 3.63) is 36.0 Å². The lowest BCUT2D eigenvalue weighted by molar-refractivity contribution is 0.654. The lowest BCUT2D eigenvalue weighted by atomic mass is 10.1. The number of aromatic nitrogens is 1. The Morgan fingerprint density at radius 1 is 1.25 bits per heavy atom. The Bertz CT molecular complexity index is 588. The van der Waals surface area contributed by atoms with Gasteiger partial charge >= 0.3 is 0 Å². The smallest absolute Gasteiger partial charge is 0.0726 e. The van der Waals surface area contributed by atoms with Gasteiger partial charge in [0, 0.05) is 30.7 Å². The number of rotatable bonds is 4. The van der Waals surface area contributed by atoms with E-state index in [1.165, 1.54) is 36.8 Å². The van der Waals surface area contributed by atoms with E-state index in [0.717, 1.165) is 17.8 Å². The lowest BCUT2D eigenvalue weighted by Crippen LogP contribution is -2.29. The second-order valence-electron chi connectivity index (χ2n) is 5.73. The number of fused-ring (bicyclic) bond motifs is 1. The first-order valence-corrected chi connectivity index (χ1v) is 7.55. The van der Waals surface area contributed by atoms with E-state index in [0.29, 0.717) is 6.04 Å². The van der Waals surface area contributed by atoms with Crippen LogP contribution in [0.4, 0.5) is 5.69 Å². The number of nitrogens with zero attached hydrogens (tertiary/aromatic N) is 2. The Kier molecular flexibility index (Phi) is 3.88. The van der Waals surface area contributed by atoms with Crippen LogP contribution >= 0.6 is 0 Å². The van der Waals surface area contributed by atoms with Gasteiger partial charge in [-0.1, -0.05) is 31.0 Å². The summed E-state index contributed by atoms with van der Waals surface area (Å²) in [5.41, 5.74) is 3.54. The predicted octanol–water partition coefficient (Wildman–Crippen LogP) is 3.33. The Balaban J connectivity index is 2.06. The van der Waals surface area contributed by atoms with Crippen molar-refractivity contribution >= 4 is 16.6 Å². The van der Waals surface area contributed by atoms with Gasteiger partial charge in [0.15, 0.2) is 0 Å². The molecule has 0 spiro atoms. The Hall–Kier alpha value is -1.61. The fourth-order valence-corrected chi connectivity index (χ4v) is 3.26. The standard InChI is InChI=1S/C17H23N3/c1-18-12-13-11-17(20(2)14-7-3-4-8-14)15-9-5-6-10-16(15)19-13/h5-6,9-11,14,18H,3-4,7-8,12H2,1-2H3. The third kappa shape index (κ3) is 2.50. The average Bonchev–Trinajstić information content (AvgIpc) is 3.00. The molecule has 0 saturated heterocycles. The van der Waals surface area contributed by atoms with Crippen molar-refractivity contribution in [1.82, 2.24) is 10.3 Å². The second kappa shape index (κ2) is 5.80. The SMILES string of the molecule is CNCc1cc(N(C)C2CCCC2)c2ccccc2n1. The van der Waals surface area contributed by atoms with Crippen LogP contribution in [-0.2, 0) is 6.54 Å². The molecule has 106 valence electrons. The van der Waals surface area contributed by atoms with Gasteiger partial charge in [0.25, 0.3) is 0 Å². The van der Waals surface area contributed by atoms with E-state index >= 15 is 0 Å². The van der Waals surface area contributed by atoms with Crippen molar-refractivity contribution in [2.75, 3.05) is 19.0 Å². The number of para-hydroxylation sites is 1. The highest BCUT2D eigenvalue weighted by atomic mass is 15.1. The van der Waals surface area contributed by atoms with E-state index in [2.05, 4.69) is 47.6 Å². The molecule has 2 aromatic rings. The molecule has 0 amide bonds. The highest BCUT2D eigenvalue weighted by Gasteiger charge is 2.21. The monoisotopic (exact) mass is 269 g/mol. The molecule has 3 nitrogen and oxygen atoms in total. The molecule has 1 heterocycles. The molecule has 1 aliphatic rings. The maximum Gasteiger partial charge on any atom is 0.0726 e. The Morgan fingerprint density at radius 2 is 2.00 bits per heavy atom. The maximum atomic E-state index is 4.75. The van der Waals surface area contributed by atoms with E-state index in [-0.39, 0.29) is 0 Å². The molecular formula is C17H23N3. The normalized spacial score (nSPS) is 15.9. The zero-order chi connectivity index (χ0) is 13.9. The molecule has 1 aliphatic carbocycles. The summed E-state index contributed by atoms with van der Waals surface area (Å²) in [6, 6.07) is 11.4. The highest BCUT2D eigenvalue weighted by Crippen LogP contribution is 2.32. The van der Waals surface area contributed by atoms with Gasteiger partial charge in [-0.25, -0.2) is 0 Å². The van der Waals surface area contributed by atoms with E-state index in [4.69, 9.17) is 4.98 Å². The van der Waals surface area contributed by atoms with E-state index in [9.17, 15) is 0 Å². The molecule has 0 bridgehead atoms. The fraction of sp³-hybridized carbons (Fsp3) is 0.471. The molecule has 1 N–H and O–H groups in total. The predicted molar refractivity (Wildman–Crippen MR) is 85.2 cm³/mol. The maximum absolute atomic E-state index is 4.75. The van der Waals surface area contributed by atoms with Gasteiger partial charge in [0.1, 0.15) is 0 Å². The van der Waals surface area contributed by atoms with Crippen LogP contribution in [0, 0.1) is 0 Å². The van der Waals surface area contributed by atoms with Gasteiger partial charge in [-0.3, -0.25) is 4.98 Å². The summed E-state index contributed by atoms with van der Waals surface area (Å²) >= 11 is 0. The first kappa shape index (κ1) is 13.4. The molecule has 1 saturated carbocycles. The molecule has 20 heavy (non-hydrogen) atoms. The third-order valence-corrected chi connectivity index (χ3v) is 4.36. The zero-order valence-electron chi connectivity index (χ0n) is 12.4. The Labute approximate surface area is 121 Å². The third-order valence-electron chi connectivity index (χ3n) is 4.36. The van der Waals surface area contributed by atoms with Crippen molar-refractivity contribution in [3.63, 3.8) is 0 Å². The first-order valence-electron chi connectivity index (χ1n) is 7.55. The summed E-state index contributed by atoms with van der Waals surface area (Å²) in [7, 11) is 4.21. The largest absolute Gasteiger partial charge is 0.371 e. The molecule has 0 unspecified atom stereocenters. The molecule has 1 aromatic carbocycles. The number of benzene rings is 1. The van der Waals surface area contributed by atoms with Crippen LogP contribution in [0.25, 0.3) is 10.9 Å². The number of nitrogens with one attached hydrogen (secondary N) is 1. The minimum atomic E-state index is 0.684. The van der Waals surface area contributed by atoms with E-state index in [1.54, 1.807) is 0 Å². The van der Waals surface area contributed by atoms with Crippen molar-refractivity contribution in [3.8, 4) is 0 Å². The van der Waals surface area contributed by atoms with Crippen LogP contribution < -0.4 is 10.2 Å². The quantitative estimate of drug-likeness (QED) is 0.922. The molecule has 1 aromatic heterocycles. The topological polar surface area (TPSA) is 28.2 Å². The number of hydrogen-bond acceptors (Lipinski definition) is 3. The minimum Gasteiger partial charge on any atom is -0.371 e. The van der Waals surface area contributed by atoms with Gasteiger partial charge in [-0.15, -0.1) is 0 Å². The summed E-state index contributed by atoms with van der Waals surface area (Å²) in [6.07, 6.45) is 5.35. The van der Waals surface area contributed by atoms with Crippen LogP contribution in [0.2, 0.25) is 0 Å². The van der Waals surface area contributed by atoms with Gasteiger partial charge in [0.2, 0.25) is 0 Å². The van der Waals surface area contributed by atoms with E-state index in [1.807, 2.05) is 7.05 Å². The van der Waals surface area contributed by atoms with Crippen LogP contribution in [0.5, 0.6) is 0 Å². The molecule has 0 radical (unpaired) electrons. The number of pyridine rings is 1. The summed E-state index contributed by atoms with van der Waals surface area (Å²) in [5.74, 6) is 0. The van der Waals surface area contributed by atoms with E-state index < -0.39 is 0 Å². The Morgan fingerprint density at radius 3 is 2.75 bits per heavy atom. The van der Waals surface area contributed by atoms with Gasteiger partial charge in [-0.2, -0.15) is 0 Å². The van der Waals surface area contributed by atoms with Crippen molar-refractivity contribution < 1.29 is 0 Å². The van der Waals surface area contributed by atoms with Crippen molar-refractivity contribution in [2.24, 2.45) is 0 Å². The molecule has 3 heteroatoms. The summed E-state index contributed by atoms with van der Waals surface area (Å²) in [4.78, 5) is 7.21. The second-order valence-corrected chi connectivity index (χ2v) is 5.73. The molecular weight excluding hydrogens is 246 g/mol. The average molecular weight is 269 g/mol. The van der Waals surface area contributed by atoms with Crippen molar-refractivity contribution in [2.45, 2.75) is 38.3 Å². The van der Waals surface area contributed by atoms with Gasteiger partial charge in [-0.05, 0) is 32.0 Å². The summed E-state index contributed by atoms with van der Waals surface area (Å²) in [5, 5.41) is 4.47. The van der Waals surface area contributed by atoms with Crippen molar-refractivity contribution in [1.29, 1.82) is 0 Å². The number of hydrogen-bond donors (Lipinski definition) is 1. The van der Waals surface area contributed by atoms with Gasteiger partial charge < -0.3 is 10.2 Å². The molecule has 0 aliphatic heterocycles. The van der Waals surface area contributed by atoms with Crippen LogP contribution in [-0.4, -0.2) is 25.1 Å². The van der Waals surface area contributed by atoms with Gasteiger partial charge in [0.05, 0.1) is 11.2 Å². The summed E-state index contributed by atoms with van der Waals surface area (Å²) < 4.78 is 0. The first-order chi connectivity index (χ1) is 9.79. The zero-order valence-corrected chi connectivity index (χ0v) is 12.4. The summed E-state index contributed by atoms with van der Waals surface area (Å²) in [6.45, 7) is 0.816. The lowest BCUT2D eigenvalue weighted by Gasteiger charge is -2.28. The fourth-order valence-electron chi connectivity index (χ4n) is 3.26.